The van der Waals surface area contributed by atoms with Crippen LogP contribution in [-0.4, -0.2) is 31.9 Å². The zero-order valence-electron chi connectivity index (χ0n) is 9.60. The first-order valence-electron chi connectivity index (χ1n) is 5.10. The van der Waals surface area contributed by atoms with Gasteiger partial charge in [-0.05, 0) is 44.0 Å². The highest BCUT2D eigenvalue weighted by molar-refractivity contribution is 7.80. The molecule has 0 spiro atoms. The topological polar surface area (TPSA) is 12.5 Å². The zero-order chi connectivity index (χ0) is 11.3. The molecule has 1 aromatic rings. The molecule has 0 aromatic heterocycles. The Labute approximate surface area is 97.6 Å². The molecule has 84 valence electrons. The zero-order valence-corrected chi connectivity index (χ0v) is 10.5. The second kappa shape index (κ2) is 6.03. The Kier molecular flexibility index (Phi) is 4.99. The average Bonchev–Trinajstić information content (AvgIpc) is 2.25. The van der Waals surface area contributed by atoms with Gasteiger partial charge in [0.1, 0.15) is 5.75 Å². The van der Waals surface area contributed by atoms with Gasteiger partial charge in [-0.3, -0.25) is 0 Å². The van der Waals surface area contributed by atoms with Crippen LogP contribution >= 0.6 is 12.6 Å². The maximum Gasteiger partial charge on any atom is 0.119 e. The van der Waals surface area contributed by atoms with Gasteiger partial charge in [-0.2, -0.15) is 12.6 Å². The molecule has 0 aliphatic rings. The second-order valence-electron chi connectivity index (χ2n) is 3.77. The molecule has 0 bridgehead atoms. The van der Waals surface area contributed by atoms with E-state index in [9.17, 15) is 0 Å². The number of nitrogens with zero attached hydrogens (tertiary/aromatic N) is 1. The first-order chi connectivity index (χ1) is 7.19. The summed E-state index contributed by atoms with van der Waals surface area (Å²) in [6, 6.07) is 8.64. The van der Waals surface area contributed by atoms with Gasteiger partial charge in [-0.25, -0.2) is 0 Å². The van der Waals surface area contributed by atoms with Gasteiger partial charge < -0.3 is 9.64 Å². The summed E-state index contributed by atoms with van der Waals surface area (Å²) in [6.07, 6.45) is 1.04. The lowest BCUT2D eigenvalue weighted by Crippen LogP contribution is -2.20. The first kappa shape index (κ1) is 12.4. The monoisotopic (exact) mass is 225 g/mol. The van der Waals surface area contributed by atoms with Gasteiger partial charge in [0.2, 0.25) is 0 Å². The Hall–Kier alpha value is -0.670. The van der Waals surface area contributed by atoms with Crippen molar-refractivity contribution in [3.63, 3.8) is 0 Å². The Bertz CT molecular complexity index is 301. The molecule has 0 amide bonds. The minimum Gasteiger partial charge on any atom is -0.497 e. The quantitative estimate of drug-likeness (QED) is 0.773. The van der Waals surface area contributed by atoms with E-state index in [0.717, 1.165) is 17.9 Å². The van der Waals surface area contributed by atoms with Crippen LogP contribution in [0.25, 0.3) is 0 Å². The Morgan fingerprint density at radius 1 is 1.40 bits per heavy atom. The summed E-state index contributed by atoms with van der Waals surface area (Å²) in [5, 5.41) is 0. The summed E-state index contributed by atoms with van der Waals surface area (Å²) in [6.45, 7) is 0. The fraction of sp³-hybridized carbons (Fsp3) is 0.500. The molecule has 0 fully saturated rings. The molecular weight excluding hydrogens is 206 g/mol. The third-order valence-electron chi connectivity index (χ3n) is 2.50. The maximum absolute atomic E-state index is 5.23. The van der Waals surface area contributed by atoms with Crippen LogP contribution in [0.4, 0.5) is 0 Å². The number of methoxy groups -OCH3 is 1. The molecule has 0 N–H and O–H groups in total. The van der Waals surface area contributed by atoms with Crippen LogP contribution < -0.4 is 4.74 Å². The number of hydrogen-bond acceptors (Lipinski definition) is 3. The van der Waals surface area contributed by atoms with Crippen LogP contribution in [0.15, 0.2) is 24.3 Å². The highest BCUT2D eigenvalue weighted by atomic mass is 32.1. The number of thiol groups is 1. The molecule has 0 heterocycles. The van der Waals surface area contributed by atoms with Crippen molar-refractivity contribution in [2.75, 3.05) is 27.0 Å². The first-order valence-corrected chi connectivity index (χ1v) is 5.73. The summed E-state index contributed by atoms with van der Waals surface area (Å²) >= 11 is 4.30. The third-order valence-corrected chi connectivity index (χ3v) is 2.76. The van der Waals surface area contributed by atoms with E-state index in [4.69, 9.17) is 4.74 Å². The Morgan fingerprint density at radius 3 is 2.67 bits per heavy atom. The van der Waals surface area contributed by atoms with E-state index in [2.05, 4.69) is 43.8 Å². The van der Waals surface area contributed by atoms with Crippen LogP contribution in [-0.2, 0) is 0 Å². The number of rotatable bonds is 5. The van der Waals surface area contributed by atoms with Crippen LogP contribution in [0.3, 0.4) is 0 Å². The minimum atomic E-state index is 0.414. The maximum atomic E-state index is 5.23. The fourth-order valence-corrected chi connectivity index (χ4v) is 1.94. The standard InChI is InChI=1S/C12H19NOS/c1-13(2)12(7-8-15)10-5-4-6-11(9-10)14-3/h4-6,9,12,15H,7-8H2,1-3H3. The van der Waals surface area contributed by atoms with Gasteiger partial charge in [-0.15, -0.1) is 0 Å². The van der Waals surface area contributed by atoms with E-state index in [1.165, 1.54) is 5.56 Å². The predicted octanol–water partition coefficient (Wildman–Crippen LogP) is 2.62. The molecule has 0 aliphatic carbocycles. The molecule has 1 aromatic carbocycles. The van der Waals surface area contributed by atoms with Gasteiger partial charge in [0.05, 0.1) is 7.11 Å². The van der Waals surface area contributed by atoms with Gasteiger partial charge in [-0.1, -0.05) is 12.1 Å². The predicted molar refractivity (Wildman–Crippen MR) is 67.9 cm³/mol. The van der Waals surface area contributed by atoms with Gasteiger partial charge >= 0.3 is 0 Å². The smallest absolute Gasteiger partial charge is 0.119 e. The Morgan fingerprint density at radius 2 is 2.13 bits per heavy atom. The highest BCUT2D eigenvalue weighted by Crippen LogP contribution is 2.25. The van der Waals surface area contributed by atoms with E-state index in [-0.39, 0.29) is 0 Å². The summed E-state index contributed by atoms with van der Waals surface area (Å²) in [7, 11) is 5.88. The molecule has 0 saturated carbocycles. The molecule has 0 aliphatic heterocycles. The SMILES string of the molecule is COc1cccc(C(CCS)N(C)C)c1. The lowest BCUT2D eigenvalue weighted by molar-refractivity contribution is 0.292. The van der Waals surface area contributed by atoms with E-state index in [0.29, 0.717) is 6.04 Å². The summed E-state index contributed by atoms with van der Waals surface area (Å²) in [5.41, 5.74) is 1.29. The summed E-state index contributed by atoms with van der Waals surface area (Å²) < 4.78 is 5.23. The molecule has 1 rings (SSSR count). The van der Waals surface area contributed by atoms with Crippen molar-refractivity contribution in [2.24, 2.45) is 0 Å². The van der Waals surface area contributed by atoms with Crippen molar-refractivity contribution in [2.45, 2.75) is 12.5 Å². The average molecular weight is 225 g/mol. The van der Waals surface area contributed by atoms with E-state index < -0.39 is 0 Å². The molecule has 3 heteroatoms. The Balaban J connectivity index is 2.89. The summed E-state index contributed by atoms with van der Waals surface area (Å²) in [5.74, 6) is 1.80. The van der Waals surface area contributed by atoms with E-state index >= 15 is 0 Å². The molecule has 1 unspecified atom stereocenters. The van der Waals surface area contributed by atoms with Gasteiger partial charge in [0.25, 0.3) is 0 Å². The number of benzene rings is 1. The molecule has 2 nitrogen and oxygen atoms in total. The molecule has 15 heavy (non-hydrogen) atoms. The van der Waals surface area contributed by atoms with E-state index in [1.54, 1.807) is 7.11 Å². The van der Waals surface area contributed by atoms with Crippen molar-refractivity contribution < 1.29 is 4.74 Å². The number of hydrogen-bond donors (Lipinski definition) is 1. The molecule has 1 atom stereocenters. The summed E-state index contributed by atoms with van der Waals surface area (Å²) in [4.78, 5) is 2.21. The van der Waals surface area contributed by atoms with Crippen LogP contribution in [0.1, 0.15) is 18.0 Å². The van der Waals surface area contributed by atoms with Gasteiger partial charge in [0.15, 0.2) is 0 Å². The largest absolute Gasteiger partial charge is 0.497 e. The van der Waals surface area contributed by atoms with Crippen molar-refractivity contribution in [1.29, 1.82) is 0 Å². The highest BCUT2D eigenvalue weighted by Gasteiger charge is 2.13. The van der Waals surface area contributed by atoms with Gasteiger partial charge in [0, 0.05) is 6.04 Å². The van der Waals surface area contributed by atoms with Crippen molar-refractivity contribution in [1.82, 2.24) is 4.90 Å². The van der Waals surface area contributed by atoms with Crippen LogP contribution in [0.5, 0.6) is 5.75 Å². The van der Waals surface area contributed by atoms with Crippen molar-refractivity contribution in [3.05, 3.63) is 29.8 Å². The van der Waals surface area contributed by atoms with E-state index in [1.807, 2.05) is 12.1 Å². The van der Waals surface area contributed by atoms with Crippen molar-refractivity contribution in [3.8, 4) is 5.75 Å². The van der Waals surface area contributed by atoms with Crippen molar-refractivity contribution >= 4 is 12.6 Å². The molecule has 0 radical (unpaired) electrons. The normalized spacial score (nSPS) is 12.9. The second-order valence-corrected chi connectivity index (χ2v) is 4.22. The lowest BCUT2D eigenvalue weighted by atomic mass is 10.0. The lowest BCUT2D eigenvalue weighted by Gasteiger charge is -2.24. The third kappa shape index (κ3) is 3.43. The molecular formula is C12H19NOS. The fourth-order valence-electron chi connectivity index (χ4n) is 1.69. The number of ether oxygens (including phenoxy) is 1. The minimum absolute atomic E-state index is 0.414. The molecule has 0 saturated heterocycles. The van der Waals surface area contributed by atoms with Crippen LogP contribution in [0.2, 0.25) is 0 Å². The van der Waals surface area contributed by atoms with Crippen LogP contribution in [0, 0.1) is 0 Å².